The third kappa shape index (κ3) is 4.33. The summed E-state index contributed by atoms with van der Waals surface area (Å²) in [6.07, 6.45) is 0. The number of ether oxygens (including phenoxy) is 1. The number of benzene rings is 1. The minimum absolute atomic E-state index is 0.0934. The summed E-state index contributed by atoms with van der Waals surface area (Å²) >= 11 is 5.27. The lowest BCUT2D eigenvalue weighted by Crippen LogP contribution is -2.07. The Bertz CT molecular complexity index is 540. The Morgan fingerprint density at radius 1 is 1.53 bits per heavy atom. The molecule has 0 fully saturated rings. The first-order chi connectivity index (χ1) is 8.78. The number of alkyl halides is 3. The van der Waals surface area contributed by atoms with E-state index in [0.717, 1.165) is 12.1 Å². The second-order valence-corrected chi connectivity index (χ2v) is 4.72. The highest BCUT2D eigenvalue weighted by Gasteiger charge is 2.31. The molecule has 1 aromatic rings. The fourth-order valence-corrected chi connectivity index (χ4v) is 2.16. The quantitative estimate of drug-likeness (QED) is 0.625. The van der Waals surface area contributed by atoms with Crippen LogP contribution >= 0.6 is 23.4 Å². The van der Waals surface area contributed by atoms with Gasteiger partial charge in [-0.05, 0) is 30.8 Å². The van der Waals surface area contributed by atoms with Gasteiger partial charge in [-0.1, -0.05) is 11.6 Å². The van der Waals surface area contributed by atoms with Gasteiger partial charge in [0.25, 0.3) is 0 Å². The number of esters is 1. The van der Waals surface area contributed by atoms with E-state index in [1.54, 1.807) is 13.0 Å². The molecular formula is C11H7ClF3NO2S. The summed E-state index contributed by atoms with van der Waals surface area (Å²) in [6.45, 7) is 1.67. The molecule has 3 nitrogen and oxygen atoms in total. The number of nitrogens with zero attached hydrogens (tertiary/aromatic N) is 1. The number of thioether (sulfide) groups is 1. The first kappa shape index (κ1) is 15.7. The molecule has 0 aliphatic rings. The molecule has 0 N–H and O–H groups in total. The number of halogens is 4. The maximum atomic E-state index is 12.3. The van der Waals surface area contributed by atoms with Gasteiger partial charge < -0.3 is 4.74 Å². The van der Waals surface area contributed by atoms with Gasteiger partial charge in [0.2, 0.25) is 0 Å². The zero-order valence-electron chi connectivity index (χ0n) is 9.55. The van der Waals surface area contributed by atoms with Gasteiger partial charge in [0.05, 0.1) is 22.8 Å². The van der Waals surface area contributed by atoms with E-state index >= 15 is 0 Å². The summed E-state index contributed by atoms with van der Waals surface area (Å²) < 4.78 is 41.6. The smallest absolute Gasteiger partial charge is 0.446 e. The Balaban J connectivity index is 3.22. The SMILES string of the molecule is CCOC(=O)c1cc(C#N)c(SC(F)(F)F)cc1Cl. The van der Waals surface area contributed by atoms with Gasteiger partial charge in [-0.3, -0.25) is 0 Å². The predicted octanol–water partition coefficient (Wildman–Crippen LogP) is 4.00. The summed E-state index contributed by atoms with van der Waals surface area (Å²) in [5.41, 5.74) is -4.96. The first-order valence-electron chi connectivity index (χ1n) is 4.95. The molecule has 1 aromatic carbocycles. The molecule has 0 aliphatic heterocycles. The van der Waals surface area contributed by atoms with Crippen LogP contribution in [0.5, 0.6) is 0 Å². The average Bonchev–Trinajstić information content (AvgIpc) is 2.27. The van der Waals surface area contributed by atoms with E-state index in [1.807, 2.05) is 0 Å². The van der Waals surface area contributed by atoms with Gasteiger partial charge in [0.15, 0.2) is 0 Å². The number of hydrogen-bond acceptors (Lipinski definition) is 4. The van der Waals surface area contributed by atoms with E-state index < -0.39 is 23.2 Å². The Labute approximate surface area is 116 Å². The molecule has 0 atom stereocenters. The van der Waals surface area contributed by atoms with Crippen LogP contribution in [0.4, 0.5) is 13.2 Å². The van der Waals surface area contributed by atoms with Gasteiger partial charge in [-0.2, -0.15) is 18.4 Å². The normalized spacial score (nSPS) is 10.9. The Morgan fingerprint density at radius 2 is 2.16 bits per heavy atom. The fraction of sp³-hybridized carbons (Fsp3) is 0.273. The molecule has 8 heteroatoms. The zero-order chi connectivity index (χ0) is 14.6. The van der Waals surface area contributed by atoms with Crippen molar-refractivity contribution in [1.82, 2.24) is 0 Å². The third-order valence-corrected chi connectivity index (χ3v) is 3.01. The molecule has 0 spiro atoms. The van der Waals surface area contributed by atoms with Crippen molar-refractivity contribution >= 4 is 29.3 Å². The zero-order valence-corrected chi connectivity index (χ0v) is 11.1. The molecule has 1 rings (SSSR count). The summed E-state index contributed by atoms with van der Waals surface area (Å²) in [5.74, 6) is -0.785. The highest BCUT2D eigenvalue weighted by atomic mass is 35.5. The van der Waals surface area contributed by atoms with Crippen molar-refractivity contribution in [2.24, 2.45) is 0 Å². The second kappa shape index (κ2) is 6.17. The molecule has 19 heavy (non-hydrogen) atoms. The Hall–Kier alpha value is -1.39. The van der Waals surface area contributed by atoms with E-state index in [9.17, 15) is 18.0 Å². The summed E-state index contributed by atoms with van der Waals surface area (Å²) in [4.78, 5) is 11.1. The Morgan fingerprint density at radius 3 is 2.63 bits per heavy atom. The van der Waals surface area contributed by atoms with Crippen LogP contribution in [-0.4, -0.2) is 18.1 Å². The fourth-order valence-electron chi connectivity index (χ4n) is 1.22. The van der Waals surface area contributed by atoms with Crippen LogP contribution in [-0.2, 0) is 4.74 Å². The third-order valence-electron chi connectivity index (χ3n) is 1.91. The van der Waals surface area contributed by atoms with Crippen LogP contribution in [0.1, 0.15) is 22.8 Å². The number of carbonyl (C=O) groups is 1. The molecule has 0 amide bonds. The molecule has 0 aliphatic carbocycles. The summed E-state index contributed by atoms with van der Waals surface area (Å²) in [7, 11) is 0. The van der Waals surface area contributed by atoms with Crippen molar-refractivity contribution in [3.63, 3.8) is 0 Å². The van der Waals surface area contributed by atoms with Crippen LogP contribution in [0.3, 0.4) is 0 Å². The monoisotopic (exact) mass is 309 g/mol. The van der Waals surface area contributed by atoms with Crippen molar-refractivity contribution in [1.29, 1.82) is 5.26 Å². The lowest BCUT2D eigenvalue weighted by atomic mass is 10.1. The van der Waals surface area contributed by atoms with Crippen molar-refractivity contribution < 1.29 is 22.7 Å². The molecule has 0 radical (unpaired) electrons. The van der Waals surface area contributed by atoms with Crippen molar-refractivity contribution in [3.8, 4) is 6.07 Å². The van der Waals surface area contributed by atoms with Gasteiger partial charge in [-0.15, -0.1) is 0 Å². The van der Waals surface area contributed by atoms with Gasteiger partial charge in [-0.25, -0.2) is 4.79 Å². The first-order valence-corrected chi connectivity index (χ1v) is 6.14. The molecule has 0 bridgehead atoms. The molecule has 0 saturated carbocycles. The Kier molecular flexibility index (Phi) is 5.09. The highest BCUT2D eigenvalue weighted by Crippen LogP contribution is 2.40. The number of rotatable bonds is 3. The lowest BCUT2D eigenvalue weighted by Gasteiger charge is -2.10. The van der Waals surface area contributed by atoms with E-state index in [2.05, 4.69) is 4.74 Å². The van der Waals surface area contributed by atoms with Crippen LogP contribution in [0.2, 0.25) is 5.02 Å². The van der Waals surface area contributed by atoms with Crippen LogP contribution < -0.4 is 0 Å². The lowest BCUT2D eigenvalue weighted by molar-refractivity contribution is -0.0328. The number of carbonyl (C=O) groups excluding carboxylic acids is 1. The molecule has 0 aromatic heterocycles. The summed E-state index contributed by atoms with van der Waals surface area (Å²) in [5, 5.41) is 8.63. The average molecular weight is 310 g/mol. The molecular weight excluding hydrogens is 303 g/mol. The van der Waals surface area contributed by atoms with Crippen LogP contribution in [0, 0.1) is 11.3 Å². The van der Waals surface area contributed by atoms with E-state index in [1.165, 1.54) is 0 Å². The van der Waals surface area contributed by atoms with E-state index in [0.29, 0.717) is 0 Å². The minimum Gasteiger partial charge on any atom is -0.462 e. The van der Waals surface area contributed by atoms with E-state index in [-0.39, 0.29) is 27.7 Å². The molecule has 0 unspecified atom stereocenters. The maximum Gasteiger partial charge on any atom is 0.446 e. The van der Waals surface area contributed by atoms with Crippen molar-refractivity contribution in [3.05, 3.63) is 28.3 Å². The maximum absolute atomic E-state index is 12.3. The van der Waals surface area contributed by atoms with Gasteiger partial charge >= 0.3 is 11.5 Å². The van der Waals surface area contributed by atoms with Crippen LogP contribution in [0.25, 0.3) is 0 Å². The molecule has 102 valence electrons. The summed E-state index contributed by atoms with van der Waals surface area (Å²) in [6, 6.07) is 3.52. The molecule has 0 saturated heterocycles. The number of hydrogen-bond donors (Lipinski definition) is 0. The van der Waals surface area contributed by atoms with Crippen molar-refractivity contribution in [2.75, 3.05) is 6.61 Å². The highest BCUT2D eigenvalue weighted by molar-refractivity contribution is 8.00. The second-order valence-electron chi connectivity index (χ2n) is 3.21. The predicted molar refractivity (Wildman–Crippen MR) is 64.0 cm³/mol. The van der Waals surface area contributed by atoms with Crippen molar-refractivity contribution in [2.45, 2.75) is 17.3 Å². The standard InChI is InChI=1S/C11H7ClF3NO2S/c1-2-18-10(17)7-3-6(5-16)9(4-8(7)12)19-11(13,14)15/h3-4H,2H2,1H3. The molecule has 0 heterocycles. The minimum atomic E-state index is -4.54. The largest absolute Gasteiger partial charge is 0.462 e. The number of nitriles is 1. The topological polar surface area (TPSA) is 50.1 Å². The van der Waals surface area contributed by atoms with Gasteiger partial charge in [0.1, 0.15) is 6.07 Å². The van der Waals surface area contributed by atoms with Gasteiger partial charge in [0, 0.05) is 4.90 Å². The van der Waals surface area contributed by atoms with Crippen LogP contribution in [0.15, 0.2) is 17.0 Å². The van der Waals surface area contributed by atoms with E-state index in [4.69, 9.17) is 16.9 Å².